The molecule has 4 atom stereocenters. The summed E-state index contributed by atoms with van der Waals surface area (Å²) in [7, 11) is 0. The Labute approximate surface area is 165 Å². The predicted molar refractivity (Wildman–Crippen MR) is 113 cm³/mol. The number of allylic oxidation sites excluding steroid dienone is 4. The highest BCUT2D eigenvalue weighted by atomic mass is 16.3. The first-order valence-electron chi connectivity index (χ1n) is 10.9. The number of rotatable bonds is 12. The largest absolute Gasteiger partial charge is 0.512 e. The minimum absolute atomic E-state index is 0.106. The Morgan fingerprint density at radius 3 is 2.74 bits per heavy atom. The molecule has 154 valence electrons. The lowest BCUT2D eigenvalue weighted by atomic mass is 9.82. The van der Waals surface area contributed by atoms with E-state index in [1.807, 2.05) is 12.2 Å². The normalized spacial score (nSPS) is 28.3. The van der Waals surface area contributed by atoms with Crippen LogP contribution < -0.4 is 0 Å². The van der Waals surface area contributed by atoms with Gasteiger partial charge in [-0.3, -0.25) is 0 Å². The van der Waals surface area contributed by atoms with Crippen molar-refractivity contribution >= 4 is 0 Å². The maximum absolute atomic E-state index is 10.8. The van der Waals surface area contributed by atoms with Gasteiger partial charge in [0.1, 0.15) is 0 Å². The van der Waals surface area contributed by atoms with Crippen molar-refractivity contribution in [1.82, 2.24) is 0 Å². The van der Waals surface area contributed by atoms with E-state index < -0.39 is 6.10 Å². The topological polar surface area (TPSA) is 60.7 Å². The van der Waals surface area contributed by atoms with Crippen LogP contribution in [0.2, 0.25) is 0 Å². The van der Waals surface area contributed by atoms with Gasteiger partial charge in [-0.1, -0.05) is 38.0 Å². The lowest BCUT2D eigenvalue weighted by Gasteiger charge is -2.25. The highest BCUT2D eigenvalue weighted by Gasteiger charge is 2.46. The van der Waals surface area contributed by atoms with E-state index in [1.54, 1.807) is 0 Å². The molecule has 3 N–H and O–H groups in total. The zero-order valence-electron chi connectivity index (χ0n) is 17.4. The highest BCUT2D eigenvalue weighted by molar-refractivity contribution is 5.22. The first kappa shape index (κ1) is 22.2. The van der Waals surface area contributed by atoms with E-state index >= 15 is 0 Å². The second-order valence-electron chi connectivity index (χ2n) is 9.40. The molecule has 0 radical (unpaired) electrons. The molecular weight excluding hydrogens is 336 g/mol. The van der Waals surface area contributed by atoms with E-state index in [9.17, 15) is 10.2 Å². The van der Waals surface area contributed by atoms with Gasteiger partial charge in [-0.2, -0.15) is 0 Å². The van der Waals surface area contributed by atoms with E-state index in [-0.39, 0.29) is 17.9 Å². The Hall–Kier alpha value is -1.06. The van der Waals surface area contributed by atoms with Gasteiger partial charge in [0, 0.05) is 12.5 Å². The molecule has 0 bridgehead atoms. The van der Waals surface area contributed by atoms with Gasteiger partial charge in [0.2, 0.25) is 0 Å². The van der Waals surface area contributed by atoms with Crippen molar-refractivity contribution in [2.24, 2.45) is 23.2 Å². The molecule has 2 rings (SSSR count). The SMILES string of the molecule is C=CCCCC(C)(C)CC=C(O)[C@@H]1[C@@H]2CC(CCCCCO)=C[C@@H]2C[C@H]1O. The Balaban J connectivity index is 1.89. The number of aliphatic hydroxyl groups excluding tert-OH is 3. The lowest BCUT2D eigenvalue weighted by Crippen LogP contribution is -2.22. The van der Waals surface area contributed by atoms with Gasteiger partial charge in [-0.15, -0.1) is 6.58 Å². The Kier molecular flexibility index (Phi) is 8.62. The molecule has 0 aromatic carbocycles. The number of hydrogen-bond acceptors (Lipinski definition) is 3. The number of aliphatic hydroxyl groups is 3. The van der Waals surface area contributed by atoms with Crippen molar-refractivity contribution in [2.75, 3.05) is 6.61 Å². The molecule has 3 nitrogen and oxygen atoms in total. The molecular formula is C24H40O3. The maximum atomic E-state index is 10.8. The van der Waals surface area contributed by atoms with Gasteiger partial charge < -0.3 is 15.3 Å². The molecule has 0 aromatic heterocycles. The summed E-state index contributed by atoms with van der Waals surface area (Å²) >= 11 is 0. The van der Waals surface area contributed by atoms with E-state index in [1.165, 1.54) is 5.57 Å². The van der Waals surface area contributed by atoms with Crippen molar-refractivity contribution in [3.8, 4) is 0 Å². The van der Waals surface area contributed by atoms with Crippen LogP contribution in [0.25, 0.3) is 0 Å². The average molecular weight is 377 g/mol. The number of fused-ring (bicyclic) bond motifs is 1. The van der Waals surface area contributed by atoms with Crippen LogP contribution in [-0.2, 0) is 0 Å². The van der Waals surface area contributed by atoms with E-state index in [0.717, 1.165) is 64.2 Å². The minimum Gasteiger partial charge on any atom is -0.512 e. The second kappa shape index (κ2) is 10.5. The Morgan fingerprint density at radius 2 is 2.04 bits per heavy atom. The summed E-state index contributed by atoms with van der Waals surface area (Å²) in [5.74, 6) is 1.06. The third-order valence-electron chi connectivity index (χ3n) is 6.51. The molecule has 1 fully saturated rings. The first-order valence-corrected chi connectivity index (χ1v) is 10.9. The molecule has 0 spiro atoms. The molecule has 3 heteroatoms. The van der Waals surface area contributed by atoms with Crippen LogP contribution in [0.15, 0.2) is 36.1 Å². The number of hydrogen-bond donors (Lipinski definition) is 3. The summed E-state index contributed by atoms with van der Waals surface area (Å²) in [5.41, 5.74) is 1.64. The molecule has 0 aliphatic heterocycles. The van der Waals surface area contributed by atoms with Gasteiger partial charge in [-0.05, 0) is 81.1 Å². The van der Waals surface area contributed by atoms with E-state index in [2.05, 4.69) is 26.5 Å². The van der Waals surface area contributed by atoms with Crippen molar-refractivity contribution in [2.45, 2.75) is 84.2 Å². The third-order valence-corrected chi connectivity index (χ3v) is 6.51. The van der Waals surface area contributed by atoms with Gasteiger partial charge in [0.15, 0.2) is 0 Å². The average Bonchev–Trinajstić information content (AvgIpc) is 3.13. The van der Waals surface area contributed by atoms with Crippen LogP contribution in [0.5, 0.6) is 0 Å². The molecule has 2 aliphatic carbocycles. The van der Waals surface area contributed by atoms with Crippen molar-refractivity contribution in [3.05, 3.63) is 36.1 Å². The zero-order valence-corrected chi connectivity index (χ0v) is 17.4. The van der Waals surface area contributed by atoms with Crippen LogP contribution in [-0.4, -0.2) is 28.0 Å². The van der Waals surface area contributed by atoms with Crippen LogP contribution in [0, 0.1) is 23.2 Å². The molecule has 0 unspecified atom stereocenters. The molecule has 0 heterocycles. The van der Waals surface area contributed by atoms with E-state index in [4.69, 9.17) is 5.11 Å². The fourth-order valence-corrected chi connectivity index (χ4v) is 4.88. The fourth-order valence-electron chi connectivity index (χ4n) is 4.88. The quantitative estimate of drug-likeness (QED) is 0.233. The Morgan fingerprint density at radius 1 is 1.26 bits per heavy atom. The predicted octanol–water partition coefficient (Wildman–Crippen LogP) is 5.70. The van der Waals surface area contributed by atoms with Crippen LogP contribution >= 0.6 is 0 Å². The van der Waals surface area contributed by atoms with Gasteiger partial charge >= 0.3 is 0 Å². The minimum atomic E-state index is -0.424. The summed E-state index contributed by atoms with van der Waals surface area (Å²) in [5, 5.41) is 30.2. The van der Waals surface area contributed by atoms with Crippen LogP contribution in [0.1, 0.15) is 78.1 Å². The van der Waals surface area contributed by atoms with Crippen LogP contribution in [0.4, 0.5) is 0 Å². The summed E-state index contributed by atoms with van der Waals surface area (Å²) in [6.07, 6.45) is 16.0. The third kappa shape index (κ3) is 6.50. The zero-order chi connectivity index (χ0) is 19.9. The number of unbranched alkanes of at least 4 members (excludes halogenated alkanes) is 3. The fraction of sp³-hybridized carbons (Fsp3) is 0.750. The first-order chi connectivity index (χ1) is 12.9. The van der Waals surface area contributed by atoms with Gasteiger partial charge in [-0.25, -0.2) is 0 Å². The molecule has 2 aliphatic rings. The van der Waals surface area contributed by atoms with Crippen LogP contribution in [0.3, 0.4) is 0 Å². The van der Waals surface area contributed by atoms with Crippen molar-refractivity contribution in [3.63, 3.8) is 0 Å². The lowest BCUT2D eigenvalue weighted by molar-refractivity contribution is 0.108. The summed E-state index contributed by atoms with van der Waals surface area (Å²) in [6.45, 7) is 8.55. The smallest absolute Gasteiger partial charge is 0.0942 e. The second-order valence-corrected chi connectivity index (χ2v) is 9.40. The summed E-state index contributed by atoms with van der Waals surface area (Å²) in [4.78, 5) is 0. The molecule has 0 amide bonds. The van der Waals surface area contributed by atoms with Gasteiger partial charge in [0.25, 0.3) is 0 Å². The highest BCUT2D eigenvalue weighted by Crippen LogP contribution is 2.50. The molecule has 27 heavy (non-hydrogen) atoms. The standard InChI is InChI=1S/C24H40O3/c1-4-5-8-12-24(2,3)13-11-21(26)23-20-16-18(10-7-6-9-14-25)15-19(20)17-22(23)27/h4,11,15,19-20,22-23,25-27H,1,5-10,12-14,16-17H2,2-3H3/t19-,20-,22-,23+/m1/s1. The summed E-state index contributed by atoms with van der Waals surface area (Å²) in [6, 6.07) is 0. The van der Waals surface area contributed by atoms with Crippen molar-refractivity contribution in [1.29, 1.82) is 0 Å². The summed E-state index contributed by atoms with van der Waals surface area (Å²) < 4.78 is 0. The maximum Gasteiger partial charge on any atom is 0.0942 e. The van der Waals surface area contributed by atoms with E-state index in [0.29, 0.717) is 17.6 Å². The molecule has 0 aromatic rings. The molecule has 1 saturated carbocycles. The molecule has 0 saturated heterocycles. The van der Waals surface area contributed by atoms with Crippen molar-refractivity contribution < 1.29 is 15.3 Å². The monoisotopic (exact) mass is 376 g/mol. The van der Waals surface area contributed by atoms with Gasteiger partial charge in [0.05, 0.1) is 11.9 Å². The Bertz CT molecular complexity index is 532.